The Labute approximate surface area is 523 Å². The summed E-state index contributed by atoms with van der Waals surface area (Å²) in [5, 5.41) is 37.0. The quantitative estimate of drug-likeness (QED) is 0.0560. The smallest absolute Gasteiger partial charge is 0.248 e. The van der Waals surface area contributed by atoms with E-state index in [0.29, 0.717) is 106 Å². The molecule has 4 aromatic rings. The zero-order chi connectivity index (χ0) is 65.3. The van der Waals surface area contributed by atoms with Crippen molar-refractivity contribution in [2.24, 2.45) is 11.8 Å². The number of fused-ring (bicyclic) bond motifs is 4. The minimum atomic E-state index is -1.45. The van der Waals surface area contributed by atoms with Crippen LogP contribution in [0.2, 0.25) is 0 Å². The number of aromatic amines is 2. The van der Waals surface area contributed by atoms with Crippen LogP contribution in [-0.2, 0) is 47.9 Å². The highest BCUT2D eigenvalue weighted by molar-refractivity contribution is 6.00. The number of aliphatic hydroxyl groups excluding tert-OH is 2. The minimum Gasteiger partial charge on any atom is -0.386 e. The van der Waals surface area contributed by atoms with Crippen LogP contribution < -0.4 is 42.8 Å². The van der Waals surface area contributed by atoms with E-state index in [0.717, 1.165) is 12.8 Å². The number of ketones is 2. The van der Waals surface area contributed by atoms with Crippen molar-refractivity contribution < 1.29 is 58.2 Å². The van der Waals surface area contributed by atoms with E-state index in [2.05, 4.69) is 41.9 Å². The Morgan fingerprint density at radius 3 is 1.37 bits per heavy atom. The summed E-state index contributed by atoms with van der Waals surface area (Å²) in [7, 11) is 0. The van der Waals surface area contributed by atoms with E-state index < -0.39 is 107 Å². The molecular weight excluding hydrogens is 1160 g/mol. The van der Waals surface area contributed by atoms with Gasteiger partial charge in [0.2, 0.25) is 47.3 Å². The number of amides is 8. The molecule has 4 fully saturated rings. The van der Waals surface area contributed by atoms with Crippen molar-refractivity contribution in [3.8, 4) is 0 Å². The monoisotopic (exact) mass is 1250 g/mol. The number of benzene rings is 2. The van der Waals surface area contributed by atoms with Gasteiger partial charge in [-0.15, -0.1) is 0 Å². The van der Waals surface area contributed by atoms with Crippen molar-refractivity contribution >= 4 is 80.6 Å². The molecule has 2 aromatic heterocycles. The van der Waals surface area contributed by atoms with Gasteiger partial charge in [-0.1, -0.05) is 97.4 Å². The Hall–Kier alpha value is -8.12. The lowest BCUT2D eigenvalue weighted by Crippen LogP contribution is -2.62. The molecule has 24 nitrogen and oxygen atoms in total. The number of nitrogens with one attached hydrogen (secondary N) is 8. The maximum absolute atomic E-state index is 14.0. The number of aliphatic hydroxyl groups is 2. The first kappa shape index (κ1) is 69.4. The predicted octanol–water partition coefficient (Wildman–Crippen LogP) is 3.99. The zero-order valence-corrected chi connectivity index (χ0v) is 52.5. The number of para-hydroxylation sites is 2. The summed E-state index contributed by atoms with van der Waals surface area (Å²) in [6.07, 6.45) is 8.89. The number of rotatable bonds is 20. The summed E-state index contributed by atoms with van der Waals surface area (Å²) in [5.74, 6) is -5.43. The number of H-pyrrole nitrogens is 2. The number of aromatic nitrogens is 2. The molecule has 4 unspecified atom stereocenters. The molecular formula is C66H90N10O14. The first-order chi connectivity index (χ1) is 43.1. The number of carbonyl (C=O) groups is 10. The number of nitrogens with zero attached hydrogens (tertiary/aromatic N) is 2. The lowest BCUT2D eigenvalue weighted by molar-refractivity contribution is -0.147. The van der Waals surface area contributed by atoms with Crippen LogP contribution in [0, 0.1) is 11.8 Å². The second-order valence-corrected chi connectivity index (χ2v) is 24.4. The molecule has 10 N–H and O–H groups in total. The fourth-order valence-electron chi connectivity index (χ4n) is 12.2. The number of hydrogen-bond acceptors (Lipinski definition) is 14. The van der Waals surface area contributed by atoms with Crippen LogP contribution >= 0.6 is 0 Å². The average Bonchev–Trinajstić information content (AvgIpc) is 0.857. The molecule has 12 atom stereocenters. The highest BCUT2D eigenvalue weighted by atomic mass is 16.3. The molecule has 90 heavy (non-hydrogen) atoms. The maximum Gasteiger partial charge on any atom is 0.248 e. The zero-order valence-electron chi connectivity index (χ0n) is 52.5. The van der Waals surface area contributed by atoms with E-state index in [-0.39, 0.29) is 78.4 Å². The van der Waals surface area contributed by atoms with Crippen molar-refractivity contribution in [2.45, 2.75) is 218 Å². The average molecular weight is 1250 g/mol. The first-order valence-corrected chi connectivity index (χ1v) is 32.2. The molecule has 0 aliphatic carbocycles. The van der Waals surface area contributed by atoms with Gasteiger partial charge in [0.1, 0.15) is 60.5 Å². The van der Waals surface area contributed by atoms with E-state index >= 15 is 0 Å². The van der Waals surface area contributed by atoms with Crippen molar-refractivity contribution in [1.82, 2.24) is 51.7 Å². The van der Waals surface area contributed by atoms with Crippen molar-refractivity contribution in [3.63, 3.8) is 0 Å². The van der Waals surface area contributed by atoms with Gasteiger partial charge in [-0.25, -0.2) is 0 Å². The third-order valence-corrected chi connectivity index (χ3v) is 18.2. The number of carbonyl (C=O) groups excluding carboxylic acids is 10. The van der Waals surface area contributed by atoms with Gasteiger partial charge in [0, 0.05) is 71.3 Å². The number of hydrogen-bond donors (Lipinski definition) is 10. The van der Waals surface area contributed by atoms with Gasteiger partial charge in [-0.3, -0.25) is 57.5 Å². The predicted molar refractivity (Wildman–Crippen MR) is 336 cm³/mol. The number of pyridine rings is 2. The fourth-order valence-corrected chi connectivity index (χ4v) is 12.2. The molecule has 4 aliphatic rings. The van der Waals surface area contributed by atoms with Crippen molar-refractivity contribution in [2.75, 3.05) is 13.1 Å². The van der Waals surface area contributed by atoms with Crippen LogP contribution in [-0.4, -0.2) is 150 Å². The molecule has 488 valence electrons. The van der Waals surface area contributed by atoms with Crippen LogP contribution in [0.4, 0.5) is 0 Å². The summed E-state index contributed by atoms with van der Waals surface area (Å²) in [6, 6.07) is 5.09. The molecule has 2 aromatic carbocycles. The Balaban J connectivity index is 0.000000256. The minimum absolute atomic E-state index is 0.00419. The van der Waals surface area contributed by atoms with E-state index in [4.69, 9.17) is 0 Å². The van der Waals surface area contributed by atoms with Crippen LogP contribution in [0.3, 0.4) is 0 Å². The number of unbranched alkanes of at least 4 members (excludes halogenated alkanes) is 3. The highest BCUT2D eigenvalue weighted by Gasteiger charge is 2.44. The van der Waals surface area contributed by atoms with Gasteiger partial charge < -0.3 is 61.9 Å². The Morgan fingerprint density at radius 1 is 0.511 bits per heavy atom. The number of Topliss-reactive ketones (excluding diaryl/α,β-unsaturated/α-hetero) is 2. The van der Waals surface area contributed by atoms with E-state index in [9.17, 15) is 67.7 Å². The Bertz CT molecular complexity index is 3380. The second-order valence-electron chi connectivity index (χ2n) is 24.4. The van der Waals surface area contributed by atoms with Gasteiger partial charge >= 0.3 is 0 Å². The molecule has 0 radical (unpaired) electrons. The van der Waals surface area contributed by atoms with Crippen LogP contribution in [0.1, 0.15) is 180 Å². The van der Waals surface area contributed by atoms with E-state index in [1.54, 1.807) is 55.5 Å². The van der Waals surface area contributed by atoms with Crippen LogP contribution in [0.25, 0.3) is 21.8 Å². The first-order valence-electron chi connectivity index (χ1n) is 32.2. The molecule has 24 heteroatoms. The van der Waals surface area contributed by atoms with Gasteiger partial charge in [0.15, 0.2) is 22.4 Å². The second kappa shape index (κ2) is 32.6. The fraction of sp³-hybridized carbons (Fsp3) is 0.576. The molecule has 4 aliphatic heterocycles. The summed E-state index contributed by atoms with van der Waals surface area (Å²) in [4.78, 5) is 171. The van der Waals surface area contributed by atoms with Crippen molar-refractivity contribution in [1.29, 1.82) is 0 Å². The van der Waals surface area contributed by atoms with Crippen molar-refractivity contribution in [3.05, 3.63) is 92.5 Å². The lowest BCUT2D eigenvalue weighted by atomic mass is 9.93. The molecule has 6 heterocycles. The third-order valence-electron chi connectivity index (χ3n) is 18.2. The van der Waals surface area contributed by atoms with Gasteiger partial charge in [-0.2, -0.15) is 0 Å². The molecule has 8 rings (SSSR count). The Morgan fingerprint density at radius 2 is 0.944 bits per heavy atom. The molecule has 0 bridgehead atoms. The van der Waals surface area contributed by atoms with Gasteiger partial charge in [-0.05, 0) is 107 Å². The molecule has 0 saturated carbocycles. The largest absolute Gasteiger partial charge is 0.386 e. The summed E-state index contributed by atoms with van der Waals surface area (Å²) in [5.41, 5.74) is 0.230. The maximum atomic E-state index is 14.0. The Kier molecular flexibility index (Phi) is 25.1. The van der Waals surface area contributed by atoms with E-state index in [1.807, 2.05) is 27.7 Å². The number of piperidine rings is 2. The molecule has 8 amide bonds. The topological polar surface area (TPSA) is 356 Å². The summed E-state index contributed by atoms with van der Waals surface area (Å²) < 4.78 is 0. The van der Waals surface area contributed by atoms with Crippen LogP contribution in [0.5, 0.6) is 0 Å². The molecule has 0 spiro atoms. The highest BCUT2D eigenvalue weighted by Crippen LogP contribution is 2.27. The summed E-state index contributed by atoms with van der Waals surface area (Å²) in [6.45, 7) is 11.3. The normalized spacial score (nSPS) is 24.4. The standard InChI is InChI=1S/2C33H45N5O7/c1-4-19(2)27-33(45)38-17-11-10-15-25(38)31(43)35-24(14-6-5-7-16-26(40)20(3)39)30(42)37-28(32(44)36-27)22-18-34-23-13-9-8-12-21(23)29(22)41;1-4-19(3)27-33(45)38-17-11-10-15-24(38)31(43)35-23(14-8-9-16-26(40)25(39)5-2)30(42)37-28(32(44)36-27)21-18-34-22-13-7-6-12-20(22)29(21)41/h8-9,12-13,18-20,24-25,27-28,39H,4-7,10-11,14-17H2,1-3H3,(H,34,41)(H,35,43)(H,36,44)(H,37,42);6-7,12-13,18-19,23-24,26-28,40H,4-5,8-11,14-17H2,1-3H3,(H,34,41)(H,35,43)(H,36,44)(H,37,42)/t19?,20?,24-,25+,27-,28-;19?,23-,24+,26?,27-,28-/m00/s1. The van der Waals surface area contributed by atoms with Crippen LogP contribution in [0.15, 0.2) is 70.5 Å². The summed E-state index contributed by atoms with van der Waals surface area (Å²) >= 11 is 0. The SMILES string of the molecule is CCC(=O)C(O)CCCC[C@@H]1NC(=O)[C@H]2CCCCN2C(=O)[C@H](C(C)CC)NC(=O)[C@H](c2c[nH]c3ccccc3c2=O)NC1=O.CCC(C)[C@@H]1NC(=O)[C@H](c2c[nH]c3ccccc3c2=O)NC(=O)[C@H](CCCCCC(=O)C(C)O)NC(=O)[C@H]2CCCCN2C1=O. The lowest BCUT2D eigenvalue weighted by Gasteiger charge is -2.39. The van der Waals surface area contributed by atoms with Gasteiger partial charge in [0.25, 0.3) is 0 Å². The van der Waals surface area contributed by atoms with E-state index in [1.165, 1.54) is 29.1 Å². The third kappa shape index (κ3) is 17.0. The molecule has 4 saturated heterocycles. The van der Waals surface area contributed by atoms with Gasteiger partial charge in [0.05, 0.1) is 0 Å².